The maximum absolute atomic E-state index is 12.8. The Balaban J connectivity index is 1.36. The van der Waals surface area contributed by atoms with Gasteiger partial charge in [0.1, 0.15) is 0 Å². The van der Waals surface area contributed by atoms with E-state index in [0.717, 1.165) is 70.0 Å². The zero-order chi connectivity index (χ0) is 20.2. The summed E-state index contributed by atoms with van der Waals surface area (Å²) in [5.74, 6) is 0.233. The Kier molecular flexibility index (Phi) is 6.31. The van der Waals surface area contributed by atoms with Crippen molar-refractivity contribution < 1.29 is 9.53 Å². The fourth-order valence-corrected chi connectivity index (χ4v) is 4.35. The smallest absolute Gasteiger partial charge is 0.227 e. The molecule has 2 aromatic rings. The molecule has 0 radical (unpaired) electrons. The van der Waals surface area contributed by atoms with Crippen molar-refractivity contribution in [3.63, 3.8) is 0 Å². The quantitative estimate of drug-likeness (QED) is 0.779. The van der Waals surface area contributed by atoms with Crippen LogP contribution in [0.5, 0.6) is 0 Å². The van der Waals surface area contributed by atoms with E-state index in [4.69, 9.17) is 9.84 Å². The molecular formula is C23H32N4O2. The highest BCUT2D eigenvalue weighted by molar-refractivity contribution is 5.78. The Bertz CT molecular complexity index is 843. The van der Waals surface area contributed by atoms with Gasteiger partial charge in [0.2, 0.25) is 5.91 Å². The summed E-state index contributed by atoms with van der Waals surface area (Å²) in [6, 6.07) is 8.28. The predicted octanol–water partition coefficient (Wildman–Crippen LogP) is 2.56. The number of amides is 1. The average molecular weight is 397 g/mol. The average Bonchev–Trinajstić information content (AvgIpc) is 2.91. The lowest BCUT2D eigenvalue weighted by Gasteiger charge is -2.22. The van der Waals surface area contributed by atoms with Crippen LogP contribution in [0.3, 0.4) is 0 Å². The first-order chi connectivity index (χ1) is 14.1. The maximum Gasteiger partial charge on any atom is 0.227 e. The third-order valence-corrected chi connectivity index (χ3v) is 6.07. The minimum absolute atomic E-state index is 0.233. The number of benzene rings is 1. The van der Waals surface area contributed by atoms with Crippen molar-refractivity contribution in [3.05, 3.63) is 52.3 Å². The number of rotatable bonds is 5. The van der Waals surface area contributed by atoms with Gasteiger partial charge in [-0.15, -0.1) is 0 Å². The van der Waals surface area contributed by atoms with Gasteiger partial charge in [-0.3, -0.25) is 14.4 Å². The van der Waals surface area contributed by atoms with Crippen molar-refractivity contribution in [2.24, 2.45) is 0 Å². The van der Waals surface area contributed by atoms with Crippen molar-refractivity contribution >= 4 is 5.91 Å². The molecule has 0 saturated carbocycles. The molecule has 0 bridgehead atoms. The summed E-state index contributed by atoms with van der Waals surface area (Å²) in [5.41, 5.74) is 6.11. The number of ether oxygens (including phenoxy) is 1. The second-order valence-electron chi connectivity index (χ2n) is 8.16. The fraction of sp³-hybridized carbons (Fsp3) is 0.565. The van der Waals surface area contributed by atoms with Crippen LogP contribution >= 0.6 is 0 Å². The van der Waals surface area contributed by atoms with Crippen LogP contribution in [-0.4, -0.2) is 58.3 Å². The Morgan fingerprint density at radius 2 is 1.97 bits per heavy atom. The molecule has 1 aromatic carbocycles. The summed E-state index contributed by atoms with van der Waals surface area (Å²) in [6.07, 6.45) is 2.45. The van der Waals surface area contributed by atoms with Crippen molar-refractivity contribution in [2.75, 3.05) is 32.8 Å². The minimum Gasteiger partial charge on any atom is -0.376 e. The van der Waals surface area contributed by atoms with Gasteiger partial charge in [-0.25, -0.2) is 0 Å². The van der Waals surface area contributed by atoms with E-state index in [9.17, 15) is 4.79 Å². The lowest BCUT2D eigenvalue weighted by Crippen LogP contribution is -2.36. The zero-order valence-electron chi connectivity index (χ0n) is 17.7. The Morgan fingerprint density at radius 3 is 2.76 bits per heavy atom. The van der Waals surface area contributed by atoms with E-state index < -0.39 is 0 Å². The Labute approximate surface area is 173 Å². The van der Waals surface area contributed by atoms with Crippen LogP contribution in [0.15, 0.2) is 24.3 Å². The van der Waals surface area contributed by atoms with Gasteiger partial charge in [0.25, 0.3) is 0 Å². The standard InChI is InChI=1S/C23H32N4O2/c1-3-27-22-9-14-29-17-20(22)21(24-27)16-25-10-4-11-26(13-12-25)23(28)15-19-7-5-18(2)6-8-19/h5-8H,3-4,9-17H2,1-2H3. The molecule has 1 amide bonds. The number of carbonyl (C=O) groups is 1. The van der Waals surface area contributed by atoms with Crippen LogP contribution in [0.4, 0.5) is 0 Å². The summed E-state index contributed by atoms with van der Waals surface area (Å²) < 4.78 is 7.84. The molecule has 1 fully saturated rings. The van der Waals surface area contributed by atoms with Gasteiger partial charge in [0, 0.05) is 56.9 Å². The summed E-state index contributed by atoms with van der Waals surface area (Å²) in [7, 11) is 0. The molecule has 4 rings (SSSR count). The second-order valence-corrected chi connectivity index (χ2v) is 8.16. The molecule has 0 unspecified atom stereocenters. The summed E-state index contributed by atoms with van der Waals surface area (Å²) >= 11 is 0. The molecule has 0 spiro atoms. The molecular weight excluding hydrogens is 364 g/mol. The first-order valence-electron chi connectivity index (χ1n) is 10.8. The summed E-state index contributed by atoms with van der Waals surface area (Å²) in [5, 5.41) is 4.87. The van der Waals surface area contributed by atoms with Crippen LogP contribution in [0, 0.1) is 6.92 Å². The number of hydrogen-bond donors (Lipinski definition) is 0. The van der Waals surface area contributed by atoms with E-state index >= 15 is 0 Å². The number of aryl methyl sites for hydroxylation is 2. The molecule has 6 heteroatoms. The number of carbonyl (C=O) groups excluding carboxylic acids is 1. The Hall–Kier alpha value is -2.18. The van der Waals surface area contributed by atoms with Gasteiger partial charge >= 0.3 is 0 Å². The van der Waals surface area contributed by atoms with Crippen molar-refractivity contribution in [1.29, 1.82) is 0 Å². The molecule has 1 aromatic heterocycles. The highest BCUT2D eigenvalue weighted by atomic mass is 16.5. The largest absolute Gasteiger partial charge is 0.376 e. The van der Waals surface area contributed by atoms with E-state index in [2.05, 4.69) is 47.7 Å². The van der Waals surface area contributed by atoms with Crippen LogP contribution in [-0.2, 0) is 42.1 Å². The zero-order valence-corrected chi connectivity index (χ0v) is 17.7. The lowest BCUT2D eigenvalue weighted by atomic mass is 10.1. The Morgan fingerprint density at radius 1 is 1.14 bits per heavy atom. The van der Waals surface area contributed by atoms with Gasteiger partial charge in [-0.2, -0.15) is 5.10 Å². The third-order valence-electron chi connectivity index (χ3n) is 6.07. The molecule has 156 valence electrons. The SMILES string of the molecule is CCn1nc(CN2CCCN(C(=O)Cc3ccc(C)cc3)CC2)c2c1CCOC2. The summed E-state index contributed by atoms with van der Waals surface area (Å²) in [4.78, 5) is 17.3. The topological polar surface area (TPSA) is 50.6 Å². The molecule has 2 aliphatic rings. The van der Waals surface area contributed by atoms with E-state index in [1.165, 1.54) is 16.8 Å². The molecule has 6 nitrogen and oxygen atoms in total. The number of aromatic nitrogens is 2. The number of hydrogen-bond acceptors (Lipinski definition) is 4. The molecule has 2 aliphatic heterocycles. The molecule has 3 heterocycles. The molecule has 0 aliphatic carbocycles. The lowest BCUT2D eigenvalue weighted by molar-refractivity contribution is -0.130. The van der Waals surface area contributed by atoms with Crippen molar-refractivity contribution in [1.82, 2.24) is 19.6 Å². The fourth-order valence-electron chi connectivity index (χ4n) is 4.35. The van der Waals surface area contributed by atoms with Crippen LogP contribution in [0.25, 0.3) is 0 Å². The normalized spacial score (nSPS) is 17.8. The molecule has 1 saturated heterocycles. The number of nitrogens with zero attached hydrogens (tertiary/aromatic N) is 4. The van der Waals surface area contributed by atoms with Gasteiger partial charge in [-0.1, -0.05) is 29.8 Å². The predicted molar refractivity (Wildman–Crippen MR) is 113 cm³/mol. The molecule has 29 heavy (non-hydrogen) atoms. The van der Waals surface area contributed by atoms with Gasteiger partial charge in [0.05, 0.1) is 25.3 Å². The second kappa shape index (κ2) is 9.09. The van der Waals surface area contributed by atoms with E-state index in [1.807, 2.05) is 4.90 Å². The third kappa shape index (κ3) is 4.70. The van der Waals surface area contributed by atoms with E-state index in [0.29, 0.717) is 13.0 Å². The van der Waals surface area contributed by atoms with Crippen molar-refractivity contribution in [3.8, 4) is 0 Å². The van der Waals surface area contributed by atoms with Crippen LogP contribution in [0.1, 0.15) is 41.4 Å². The van der Waals surface area contributed by atoms with Gasteiger partial charge < -0.3 is 9.64 Å². The maximum atomic E-state index is 12.8. The highest BCUT2D eigenvalue weighted by Crippen LogP contribution is 2.22. The van der Waals surface area contributed by atoms with Gasteiger partial charge in [0.15, 0.2) is 0 Å². The van der Waals surface area contributed by atoms with Crippen LogP contribution < -0.4 is 0 Å². The van der Waals surface area contributed by atoms with Gasteiger partial charge in [-0.05, 0) is 25.8 Å². The molecule has 0 atom stereocenters. The van der Waals surface area contributed by atoms with E-state index in [-0.39, 0.29) is 5.91 Å². The van der Waals surface area contributed by atoms with Crippen LogP contribution in [0.2, 0.25) is 0 Å². The summed E-state index contributed by atoms with van der Waals surface area (Å²) in [6.45, 7) is 11.0. The minimum atomic E-state index is 0.233. The highest BCUT2D eigenvalue weighted by Gasteiger charge is 2.24. The molecule has 0 N–H and O–H groups in total. The number of fused-ring (bicyclic) bond motifs is 1. The first-order valence-corrected chi connectivity index (χ1v) is 10.8. The monoisotopic (exact) mass is 396 g/mol. The first kappa shape index (κ1) is 20.1. The van der Waals surface area contributed by atoms with Crippen molar-refractivity contribution in [2.45, 2.75) is 52.8 Å². The van der Waals surface area contributed by atoms with E-state index in [1.54, 1.807) is 0 Å².